The highest BCUT2D eigenvalue weighted by Gasteiger charge is 2.12. The zero-order valence-corrected chi connectivity index (χ0v) is 10.6. The van der Waals surface area contributed by atoms with E-state index in [0.29, 0.717) is 0 Å². The Balaban J connectivity index is 2.36. The van der Waals surface area contributed by atoms with Crippen LogP contribution in [0.1, 0.15) is 11.3 Å². The molecule has 0 aromatic carbocycles. The first kappa shape index (κ1) is 10.4. The first-order valence-corrected chi connectivity index (χ1v) is 6.33. The summed E-state index contributed by atoms with van der Waals surface area (Å²) in [6.07, 6.45) is 1.93. The molecule has 3 rings (SSSR count). The van der Waals surface area contributed by atoms with Crippen molar-refractivity contribution in [3.8, 4) is 10.6 Å². The quantitative estimate of drug-likeness (QED) is 0.713. The molecule has 4 heteroatoms. The molecule has 0 radical (unpaired) electrons. The van der Waals surface area contributed by atoms with Crippen molar-refractivity contribution in [3.05, 3.63) is 41.0 Å². The van der Waals surface area contributed by atoms with E-state index >= 15 is 0 Å². The summed E-state index contributed by atoms with van der Waals surface area (Å²) in [6, 6.07) is 6.10. The van der Waals surface area contributed by atoms with E-state index in [0.717, 1.165) is 28.3 Å². The molecule has 3 aromatic rings. The zero-order chi connectivity index (χ0) is 12.0. The maximum absolute atomic E-state index is 5.88. The average molecular weight is 243 g/mol. The number of aromatic nitrogens is 2. The molecule has 0 aliphatic rings. The van der Waals surface area contributed by atoms with Crippen LogP contribution in [0.2, 0.25) is 0 Å². The molecule has 0 saturated carbocycles. The summed E-state index contributed by atoms with van der Waals surface area (Å²) in [7, 11) is 0. The van der Waals surface area contributed by atoms with Crippen molar-refractivity contribution in [2.75, 3.05) is 5.73 Å². The molecule has 0 saturated heterocycles. The predicted molar refractivity (Wildman–Crippen MR) is 72.4 cm³/mol. The molecular formula is C13H13N3S. The van der Waals surface area contributed by atoms with Crippen LogP contribution < -0.4 is 5.73 Å². The molecule has 0 bridgehead atoms. The Hall–Kier alpha value is -1.81. The molecule has 17 heavy (non-hydrogen) atoms. The minimum Gasteiger partial charge on any atom is -0.398 e. The number of imidazole rings is 1. The molecule has 0 atom stereocenters. The van der Waals surface area contributed by atoms with E-state index in [4.69, 9.17) is 10.7 Å². The van der Waals surface area contributed by atoms with Crippen LogP contribution in [0.25, 0.3) is 16.2 Å². The van der Waals surface area contributed by atoms with E-state index in [9.17, 15) is 0 Å². The number of fused-ring (bicyclic) bond motifs is 1. The highest BCUT2D eigenvalue weighted by molar-refractivity contribution is 7.13. The number of hydrogen-bond donors (Lipinski definition) is 1. The van der Waals surface area contributed by atoms with Gasteiger partial charge >= 0.3 is 0 Å². The van der Waals surface area contributed by atoms with Gasteiger partial charge in [-0.3, -0.25) is 0 Å². The summed E-state index contributed by atoms with van der Waals surface area (Å²) in [5.41, 5.74) is 10.9. The third-order valence-electron chi connectivity index (χ3n) is 2.92. The number of thiophene rings is 1. The summed E-state index contributed by atoms with van der Waals surface area (Å²) in [5.74, 6) is 0. The van der Waals surface area contributed by atoms with Crippen LogP contribution in [0.4, 0.5) is 5.69 Å². The van der Waals surface area contributed by atoms with Gasteiger partial charge in [0.05, 0.1) is 4.88 Å². The summed E-state index contributed by atoms with van der Waals surface area (Å²) >= 11 is 1.71. The third-order valence-corrected chi connectivity index (χ3v) is 3.80. The monoisotopic (exact) mass is 243 g/mol. The molecular weight excluding hydrogens is 230 g/mol. The molecule has 0 aliphatic carbocycles. The number of anilines is 1. The summed E-state index contributed by atoms with van der Waals surface area (Å²) in [5, 5.41) is 2.07. The lowest BCUT2D eigenvalue weighted by Gasteiger charge is -2.01. The van der Waals surface area contributed by atoms with Crippen LogP contribution in [0, 0.1) is 13.8 Å². The highest BCUT2D eigenvalue weighted by atomic mass is 32.1. The fourth-order valence-electron chi connectivity index (χ4n) is 2.10. The van der Waals surface area contributed by atoms with Gasteiger partial charge in [0.15, 0.2) is 0 Å². The molecule has 0 unspecified atom stereocenters. The molecule has 3 heterocycles. The van der Waals surface area contributed by atoms with Crippen LogP contribution in [0.15, 0.2) is 29.8 Å². The van der Waals surface area contributed by atoms with Crippen molar-refractivity contribution >= 4 is 22.7 Å². The second-order valence-electron chi connectivity index (χ2n) is 4.17. The van der Waals surface area contributed by atoms with Crippen molar-refractivity contribution in [1.29, 1.82) is 0 Å². The van der Waals surface area contributed by atoms with Crippen molar-refractivity contribution in [2.45, 2.75) is 13.8 Å². The van der Waals surface area contributed by atoms with Gasteiger partial charge in [-0.2, -0.15) is 0 Å². The van der Waals surface area contributed by atoms with E-state index < -0.39 is 0 Å². The summed E-state index contributed by atoms with van der Waals surface area (Å²) < 4.78 is 2.07. The predicted octanol–water partition coefficient (Wildman–Crippen LogP) is 3.26. The molecule has 0 spiro atoms. The van der Waals surface area contributed by atoms with E-state index in [2.05, 4.69) is 22.8 Å². The van der Waals surface area contributed by atoms with Crippen LogP contribution in [-0.4, -0.2) is 9.38 Å². The molecule has 0 aliphatic heterocycles. The Bertz CT molecular complexity index is 680. The molecule has 86 valence electrons. The van der Waals surface area contributed by atoms with Gasteiger partial charge in [-0.05, 0) is 36.9 Å². The Morgan fingerprint density at radius 2 is 2.18 bits per heavy atom. The van der Waals surface area contributed by atoms with Gasteiger partial charge in [0.25, 0.3) is 0 Å². The standard InChI is InChI=1S/C13H13N3S/c1-8-6-10(14)7-16-9(2)12(15-13(8)16)11-4-3-5-17-11/h3-7H,14H2,1-2H3. The second kappa shape index (κ2) is 3.60. The summed E-state index contributed by atoms with van der Waals surface area (Å²) in [4.78, 5) is 5.91. The number of nitrogens with two attached hydrogens (primary N) is 1. The minimum atomic E-state index is 0.772. The van der Waals surface area contributed by atoms with Gasteiger partial charge < -0.3 is 10.1 Å². The maximum Gasteiger partial charge on any atom is 0.140 e. The first-order chi connectivity index (χ1) is 8.16. The molecule has 3 aromatic heterocycles. The van der Waals surface area contributed by atoms with Gasteiger partial charge in [0.2, 0.25) is 0 Å². The Kier molecular flexibility index (Phi) is 2.19. The average Bonchev–Trinajstić information content (AvgIpc) is 2.87. The van der Waals surface area contributed by atoms with E-state index in [1.165, 1.54) is 4.88 Å². The van der Waals surface area contributed by atoms with E-state index in [1.54, 1.807) is 11.3 Å². The minimum absolute atomic E-state index is 0.772. The van der Waals surface area contributed by atoms with Gasteiger partial charge in [-0.15, -0.1) is 11.3 Å². The molecule has 0 fully saturated rings. The van der Waals surface area contributed by atoms with Gasteiger partial charge in [-0.1, -0.05) is 6.07 Å². The lowest BCUT2D eigenvalue weighted by Crippen LogP contribution is -1.94. The fourth-order valence-corrected chi connectivity index (χ4v) is 2.86. The number of hydrogen-bond acceptors (Lipinski definition) is 3. The van der Waals surface area contributed by atoms with E-state index in [-0.39, 0.29) is 0 Å². The zero-order valence-electron chi connectivity index (χ0n) is 9.77. The number of nitrogen functional groups attached to an aromatic ring is 1. The van der Waals surface area contributed by atoms with Crippen LogP contribution in [0.5, 0.6) is 0 Å². The lowest BCUT2D eigenvalue weighted by molar-refractivity contribution is 1.10. The topological polar surface area (TPSA) is 43.3 Å². The van der Waals surface area contributed by atoms with Crippen molar-refractivity contribution in [3.63, 3.8) is 0 Å². The first-order valence-electron chi connectivity index (χ1n) is 5.45. The van der Waals surface area contributed by atoms with Gasteiger partial charge in [0.1, 0.15) is 11.3 Å². The summed E-state index contributed by atoms with van der Waals surface area (Å²) in [6.45, 7) is 4.12. The normalized spacial score (nSPS) is 11.2. The van der Waals surface area contributed by atoms with Crippen molar-refractivity contribution in [2.24, 2.45) is 0 Å². The largest absolute Gasteiger partial charge is 0.398 e. The second-order valence-corrected chi connectivity index (χ2v) is 5.12. The van der Waals surface area contributed by atoms with Crippen LogP contribution >= 0.6 is 11.3 Å². The smallest absolute Gasteiger partial charge is 0.140 e. The Labute approximate surface area is 104 Å². The maximum atomic E-state index is 5.88. The third kappa shape index (κ3) is 1.52. The van der Waals surface area contributed by atoms with Crippen LogP contribution in [-0.2, 0) is 0 Å². The number of pyridine rings is 1. The van der Waals surface area contributed by atoms with Gasteiger partial charge in [-0.25, -0.2) is 4.98 Å². The fraction of sp³-hybridized carbons (Fsp3) is 0.154. The number of rotatable bonds is 1. The van der Waals surface area contributed by atoms with Crippen molar-refractivity contribution in [1.82, 2.24) is 9.38 Å². The lowest BCUT2D eigenvalue weighted by atomic mass is 10.3. The van der Waals surface area contributed by atoms with E-state index in [1.807, 2.05) is 25.3 Å². The Morgan fingerprint density at radius 3 is 2.88 bits per heavy atom. The SMILES string of the molecule is Cc1cc(N)cn2c(C)c(-c3cccs3)nc12. The molecule has 3 nitrogen and oxygen atoms in total. The number of aryl methyl sites for hydroxylation is 2. The molecule has 2 N–H and O–H groups in total. The van der Waals surface area contributed by atoms with Crippen molar-refractivity contribution < 1.29 is 0 Å². The number of nitrogens with zero attached hydrogens (tertiary/aromatic N) is 2. The van der Waals surface area contributed by atoms with Crippen LogP contribution in [0.3, 0.4) is 0 Å². The van der Waals surface area contributed by atoms with Gasteiger partial charge in [0, 0.05) is 17.6 Å². The molecule has 0 amide bonds. The highest BCUT2D eigenvalue weighted by Crippen LogP contribution is 2.29. The Morgan fingerprint density at radius 1 is 1.35 bits per heavy atom.